The molecule has 3 aromatic carbocycles. The number of likely N-dealkylation sites (tertiary alicyclic amines) is 2. The number of carbonyl (C=O) groups is 4. The van der Waals surface area contributed by atoms with Crippen LogP contribution >= 0.6 is 15.9 Å². The second-order valence-corrected chi connectivity index (χ2v) is 10.9. The molecule has 2 unspecified atom stereocenters. The van der Waals surface area contributed by atoms with E-state index in [1.807, 2.05) is 0 Å². The van der Waals surface area contributed by atoms with Gasteiger partial charge in [0.05, 0.1) is 17.5 Å². The molecular formula is C29H25BrN4O7. The number of fused-ring (bicyclic) bond motifs is 1. The summed E-state index contributed by atoms with van der Waals surface area (Å²) in [7, 11) is 0. The molecule has 0 radical (unpaired) electrons. The fraction of sp³-hybridized carbons (Fsp3) is 0.241. The molecule has 0 aromatic heterocycles. The van der Waals surface area contributed by atoms with E-state index in [0.29, 0.717) is 22.0 Å². The van der Waals surface area contributed by atoms with Gasteiger partial charge in [0.25, 0.3) is 17.5 Å². The average Bonchev–Trinajstić information content (AvgIpc) is 3.54. The van der Waals surface area contributed by atoms with E-state index in [-0.39, 0.29) is 42.3 Å². The molecule has 11 nitrogen and oxygen atoms in total. The van der Waals surface area contributed by atoms with Gasteiger partial charge in [-0.05, 0) is 54.4 Å². The van der Waals surface area contributed by atoms with Crippen molar-refractivity contribution in [2.75, 3.05) is 13.1 Å². The van der Waals surface area contributed by atoms with E-state index in [2.05, 4.69) is 21.2 Å². The fourth-order valence-corrected chi connectivity index (χ4v) is 5.77. The Morgan fingerprint density at radius 1 is 1.02 bits per heavy atom. The van der Waals surface area contributed by atoms with Gasteiger partial charge >= 0.3 is 0 Å². The fourth-order valence-electron chi connectivity index (χ4n) is 5.37. The number of rotatable bonds is 7. The van der Waals surface area contributed by atoms with Crippen LogP contribution in [-0.2, 0) is 16.0 Å². The number of nitrogens with zero attached hydrogens (tertiary/aromatic N) is 3. The number of hydrogen-bond acceptors (Lipinski definition) is 7. The third-order valence-electron chi connectivity index (χ3n) is 7.36. The zero-order chi connectivity index (χ0) is 29.3. The SMILES string of the molecule is O=C(N[C@@H](Cc1ccc(O)cc1)C(=O)N1CCC2C1C(=O)CN2C(=O)c1ccc([N+](=O)[O-])cc1)c1cccc(Br)c1. The second-order valence-electron chi connectivity index (χ2n) is 9.94. The van der Waals surface area contributed by atoms with E-state index in [9.17, 15) is 34.4 Å². The third kappa shape index (κ3) is 5.82. The van der Waals surface area contributed by atoms with Crippen molar-refractivity contribution < 1.29 is 29.2 Å². The van der Waals surface area contributed by atoms with E-state index in [1.165, 1.54) is 46.2 Å². The standard InChI is InChI=1S/C29H25BrN4O7/c30-20-3-1-2-19(15-20)27(37)31-23(14-17-4-10-22(35)11-5-17)29(39)32-13-12-24-26(32)25(36)16-33(24)28(38)18-6-8-21(9-7-18)34(40)41/h1-11,15,23-24,26,35H,12-14,16H2,(H,31,37)/t23-,24?,26?/m0/s1. The van der Waals surface area contributed by atoms with Crippen LogP contribution in [0, 0.1) is 10.1 Å². The summed E-state index contributed by atoms with van der Waals surface area (Å²) in [6, 6.07) is 15.7. The number of carbonyl (C=O) groups excluding carboxylic acids is 4. The van der Waals surface area contributed by atoms with Gasteiger partial charge in [-0.3, -0.25) is 29.3 Å². The predicted molar refractivity (Wildman–Crippen MR) is 150 cm³/mol. The van der Waals surface area contributed by atoms with Crippen LogP contribution in [0.15, 0.2) is 77.3 Å². The molecular weight excluding hydrogens is 596 g/mol. The zero-order valence-corrected chi connectivity index (χ0v) is 23.2. The first-order valence-corrected chi connectivity index (χ1v) is 13.6. The number of aromatic hydroxyl groups is 1. The monoisotopic (exact) mass is 620 g/mol. The molecule has 2 fully saturated rings. The maximum atomic E-state index is 13.9. The van der Waals surface area contributed by atoms with Crippen molar-refractivity contribution in [2.24, 2.45) is 0 Å². The number of benzene rings is 3. The molecule has 12 heteroatoms. The van der Waals surface area contributed by atoms with Gasteiger partial charge in [-0.25, -0.2) is 0 Å². The van der Waals surface area contributed by atoms with Gasteiger partial charge in [0.2, 0.25) is 5.91 Å². The molecule has 0 spiro atoms. The topological polar surface area (TPSA) is 150 Å². The van der Waals surface area contributed by atoms with Gasteiger partial charge in [-0.2, -0.15) is 0 Å². The lowest BCUT2D eigenvalue weighted by molar-refractivity contribution is -0.384. The highest BCUT2D eigenvalue weighted by molar-refractivity contribution is 9.10. The van der Waals surface area contributed by atoms with Crippen molar-refractivity contribution in [3.8, 4) is 5.75 Å². The van der Waals surface area contributed by atoms with E-state index in [4.69, 9.17) is 0 Å². The summed E-state index contributed by atoms with van der Waals surface area (Å²) in [5, 5.41) is 23.4. The third-order valence-corrected chi connectivity index (χ3v) is 7.85. The number of phenolic OH excluding ortho intramolecular Hbond substituents is 1. The number of nitro groups is 1. The molecule has 0 aliphatic carbocycles. The number of ketones is 1. The average molecular weight is 621 g/mol. The normalized spacial score (nSPS) is 18.6. The number of hydrogen-bond donors (Lipinski definition) is 2. The summed E-state index contributed by atoms with van der Waals surface area (Å²) in [4.78, 5) is 66.7. The number of nitro benzene ring substituents is 1. The molecule has 3 amide bonds. The molecule has 3 aromatic rings. The van der Waals surface area contributed by atoms with E-state index in [1.54, 1.807) is 36.4 Å². The van der Waals surface area contributed by atoms with Crippen LogP contribution in [0.1, 0.15) is 32.7 Å². The molecule has 0 saturated carbocycles. The second kappa shape index (κ2) is 11.5. The Hall–Kier alpha value is -4.58. The Kier molecular flexibility index (Phi) is 7.84. The van der Waals surface area contributed by atoms with Crippen LogP contribution in [0.2, 0.25) is 0 Å². The van der Waals surface area contributed by atoms with Gasteiger partial charge in [0.1, 0.15) is 17.8 Å². The van der Waals surface area contributed by atoms with Crippen molar-refractivity contribution in [2.45, 2.75) is 31.0 Å². The van der Waals surface area contributed by atoms with Crippen molar-refractivity contribution in [1.82, 2.24) is 15.1 Å². The van der Waals surface area contributed by atoms with Gasteiger partial charge in [0, 0.05) is 40.7 Å². The quantitative estimate of drug-likeness (QED) is 0.304. The Labute approximate surface area is 243 Å². The van der Waals surface area contributed by atoms with E-state index < -0.39 is 40.8 Å². The van der Waals surface area contributed by atoms with Crippen LogP contribution in [0.25, 0.3) is 0 Å². The van der Waals surface area contributed by atoms with Crippen molar-refractivity contribution >= 4 is 45.1 Å². The maximum Gasteiger partial charge on any atom is 0.269 e. The largest absolute Gasteiger partial charge is 0.508 e. The molecule has 2 aliphatic rings. The minimum atomic E-state index is -1.02. The Balaban J connectivity index is 1.37. The van der Waals surface area contributed by atoms with Gasteiger partial charge in [-0.15, -0.1) is 0 Å². The Bertz CT molecular complexity index is 1530. The Morgan fingerprint density at radius 2 is 1.73 bits per heavy atom. The summed E-state index contributed by atoms with van der Waals surface area (Å²) in [6.45, 7) is 0.0186. The number of phenols is 1. The molecule has 3 atom stereocenters. The van der Waals surface area contributed by atoms with Crippen LogP contribution < -0.4 is 5.32 Å². The lowest BCUT2D eigenvalue weighted by atomic mass is 10.0. The lowest BCUT2D eigenvalue weighted by Gasteiger charge is -2.28. The molecule has 2 heterocycles. The molecule has 2 aliphatic heterocycles. The van der Waals surface area contributed by atoms with Crippen LogP contribution in [-0.4, -0.2) is 74.5 Å². The van der Waals surface area contributed by atoms with E-state index >= 15 is 0 Å². The van der Waals surface area contributed by atoms with Crippen LogP contribution in [0.5, 0.6) is 5.75 Å². The smallest absolute Gasteiger partial charge is 0.269 e. The van der Waals surface area contributed by atoms with Gasteiger partial charge in [0.15, 0.2) is 5.78 Å². The van der Waals surface area contributed by atoms with Gasteiger partial charge < -0.3 is 20.2 Å². The van der Waals surface area contributed by atoms with Gasteiger partial charge in [-0.1, -0.05) is 34.1 Å². The Morgan fingerprint density at radius 3 is 2.39 bits per heavy atom. The predicted octanol–water partition coefficient (Wildman–Crippen LogP) is 3.10. The highest BCUT2D eigenvalue weighted by atomic mass is 79.9. The van der Waals surface area contributed by atoms with Crippen LogP contribution in [0.3, 0.4) is 0 Å². The highest BCUT2D eigenvalue weighted by Crippen LogP contribution is 2.32. The molecule has 2 N–H and O–H groups in total. The zero-order valence-electron chi connectivity index (χ0n) is 21.6. The minimum absolute atomic E-state index is 0.0616. The summed E-state index contributed by atoms with van der Waals surface area (Å²) in [6.07, 6.45) is 0.485. The number of halogens is 1. The van der Waals surface area contributed by atoms with E-state index in [0.717, 1.165) is 0 Å². The first-order valence-electron chi connectivity index (χ1n) is 12.9. The first-order chi connectivity index (χ1) is 19.6. The molecule has 210 valence electrons. The maximum absolute atomic E-state index is 13.9. The number of nitrogens with one attached hydrogen (secondary N) is 1. The highest BCUT2D eigenvalue weighted by Gasteiger charge is 2.52. The molecule has 5 rings (SSSR count). The number of Topliss-reactive ketones (excluding diaryl/α,β-unsaturated/α-hetero) is 1. The number of non-ortho nitro benzene ring substituents is 1. The lowest BCUT2D eigenvalue weighted by Crippen LogP contribution is -2.53. The molecule has 0 bridgehead atoms. The summed E-state index contributed by atoms with van der Waals surface area (Å²) >= 11 is 3.34. The van der Waals surface area contributed by atoms with Crippen molar-refractivity contribution in [1.29, 1.82) is 0 Å². The number of amides is 3. The summed E-state index contributed by atoms with van der Waals surface area (Å²) in [5.74, 6) is -1.60. The minimum Gasteiger partial charge on any atom is -0.508 e. The molecule has 41 heavy (non-hydrogen) atoms. The summed E-state index contributed by atoms with van der Waals surface area (Å²) < 4.78 is 0.697. The summed E-state index contributed by atoms with van der Waals surface area (Å²) in [5.41, 5.74) is 1.10. The first kappa shape index (κ1) is 28.0. The van der Waals surface area contributed by atoms with Crippen molar-refractivity contribution in [3.05, 3.63) is 104 Å². The molecule has 2 saturated heterocycles. The van der Waals surface area contributed by atoms with Crippen LogP contribution in [0.4, 0.5) is 5.69 Å². The van der Waals surface area contributed by atoms with Crippen molar-refractivity contribution in [3.63, 3.8) is 0 Å².